The lowest BCUT2D eigenvalue weighted by Crippen LogP contribution is -2.31. The smallest absolute Gasteiger partial charge is 0.303 e. The Balaban J connectivity index is 1.40. The van der Waals surface area contributed by atoms with E-state index in [-0.39, 0.29) is 37.6 Å². The number of hydrogen-bond acceptors (Lipinski definition) is 7. The Bertz CT molecular complexity index is 1170. The van der Waals surface area contributed by atoms with Crippen LogP contribution in [-0.4, -0.2) is 38.9 Å². The van der Waals surface area contributed by atoms with E-state index in [1.54, 1.807) is 18.0 Å². The van der Waals surface area contributed by atoms with Crippen LogP contribution in [0.15, 0.2) is 78.0 Å². The quantitative estimate of drug-likeness (QED) is 0.283. The van der Waals surface area contributed by atoms with Gasteiger partial charge < -0.3 is 25.0 Å². The Labute approximate surface area is 226 Å². The minimum atomic E-state index is -0.900. The van der Waals surface area contributed by atoms with Crippen molar-refractivity contribution in [2.24, 2.45) is 0 Å². The van der Waals surface area contributed by atoms with E-state index < -0.39 is 12.3 Å². The van der Waals surface area contributed by atoms with Crippen LogP contribution in [0.4, 0.5) is 0 Å². The third kappa shape index (κ3) is 8.39. The summed E-state index contributed by atoms with van der Waals surface area (Å²) in [6.45, 7) is 0.359. The highest BCUT2D eigenvalue weighted by molar-refractivity contribution is 7.99. The normalized spacial score (nSPS) is 19.1. The zero-order valence-corrected chi connectivity index (χ0v) is 21.8. The number of carbonyl (C=O) groups is 2. The van der Waals surface area contributed by atoms with Gasteiger partial charge in [-0.25, -0.2) is 4.98 Å². The molecule has 1 fully saturated rings. The molecule has 0 saturated carbocycles. The molecular formula is C29H32N2O6S. The maximum atomic E-state index is 12.0. The first-order chi connectivity index (χ1) is 18.5. The van der Waals surface area contributed by atoms with E-state index in [1.807, 2.05) is 66.7 Å². The van der Waals surface area contributed by atoms with Gasteiger partial charge in [-0.1, -0.05) is 54.6 Å². The number of aliphatic carboxylic acids is 1. The molecule has 1 amide bonds. The number of rotatable bonds is 12. The van der Waals surface area contributed by atoms with Gasteiger partial charge in [0.15, 0.2) is 6.29 Å². The molecule has 4 rings (SSSR count). The summed E-state index contributed by atoms with van der Waals surface area (Å²) in [6, 6.07) is 21.4. The number of aromatic nitrogens is 1. The lowest BCUT2D eigenvalue weighted by molar-refractivity contribution is -0.245. The Kier molecular flexibility index (Phi) is 10.3. The molecule has 3 atom stereocenters. The van der Waals surface area contributed by atoms with E-state index in [4.69, 9.17) is 14.6 Å². The van der Waals surface area contributed by atoms with Crippen LogP contribution in [0.5, 0.6) is 0 Å². The first kappa shape index (κ1) is 27.8. The van der Waals surface area contributed by atoms with Gasteiger partial charge in [-0.3, -0.25) is 9.59 Å². The zero-order valence-electron chi connectivity index (χ0n) is 21.0. The number of pyridine rings is 1. The van der Waals surface area contributed by atoms with Crippen molar-refractivity contribution in [1.29, 1.82) is 0 Å². The number of ether oxygens (including phenoxy) is 2. The van der Waals surface area contributed by atoms with E-state index in [0.717, 1.165) is 33.0 Å². The van der Waals surface area contributed by atoms with E-state index in [0.29, 0.717) is 19.4 Å². The molecule has 1 aromatic heterocycles. The van der Waals surface area contributed by atoms with Gasteiger partial charge in [-0.05, 0) is 35.2 Å². The number of thioether (sulfide) groups is 1. The van der Waals surface area contributed by atoms with Crippen molar-refractivity contribution in [2.45, 2.75) is 62.4 Å². The number of hydrogen-bond donors (Lipinski definition) is 3. The summed E-state index contributed by atoms with van der Waals surface area (Å²) in [5.41, 5.74) is 3.69. The SMILES string of the molecule is O=C(O)CCCC(=O)NCc1ccc([C@@H]2O[C@H](CSc3ccccn3)C[C@H](c3ccc(CO)cc3)O2)cc1. The molecule has 0 spiro atoms. The molecule has 0 aliphatic carbocycles. The van der Waals surface area contributed by atoms with Crippen molar-refractivity contribution in [3.63, 3.8) is 0 Å². The summed E-state index contributed by atoms with van der Waals surface area (Å²) in [5.74, 6) is -0.339. The van der Waals surface area contributed by atoms with Gasteiger partial charge in [0, 0.05) is 43.3 Å². The van der Waals surface area contributed by atoms with E-state index in [2.05, 4.69) is 10.3 Å². The maximum Gasteiger partial charge on any atom is 0.303 e. The van der Waals surface area contributed by atoms with E-state index in [1.165, 1.54) is 0 Å². The molecule has 2 aromatic carbocycles. The number of carboxylic acids is 1. The van der Waals surface area contributed by atoms with Crippen LogP contribution in [0, 0.1) is 0 Å². The molecule has 1 saturated heterocycles. The Morgan fingerprint density at radius 3 is 2.37 bits per heavy atom. The predicted octanol–water partition coefficient (Wildman–Crippen LogP) is 4.78. The summed E-state index contributed by atoms with van der Waals surface area (Å²) in [4.78, 5) is 27.0. The fourth-order valence-electron chi connectivity index (χ4n) is 4.12. The van der Waals surface area contributed by atoms with Crippen molar-refractivity contribution < 1.29 is 29.3 Å². The Morgan fingerprint density at radius 1 is 0.947 bits per heavy atom. The largest absolute Gasteiger partial charge is 0.481 e. The average molecular weight is 537 g/mol. The second-order valence-corrected chi connectivity index (χ2v) is 10.1. The van der Waals surface area contributed by atoms with Crippen molar-refractivity contribution in [3.8, 4) is 0 Å². The minimum absolute atomic E-state index is 0.00395. The lowest BCUT2D eigenvalue weighted by Gasteiger charge is -2.36. The van der Waals surface area contributed by atoms with Crippen LogP contribution in [0.25, 0.3) is 0 Å². The molecule has 1 aliphatic heterocycles. The molecule has 3 aromatic rings. The zero-order chi connectivity index (χ0) is 26.7. The van der Waals surface area contributed by atoms with Gasteiger partial charge in [0.1, 0.15) is 0 Å². The number of carbonyl (C=O) groups excluding carboxylic acids is 1. The summed E-state index contributed by atoms with van der Waals surface area (Å²) in [5, 5.41) is 21.9. The van der Waals surface area contributed by atoms with Crippen LogP contribution in [0.2, 0.25) is 0 Å². The number of amides is 1. The molecule has 2 heterocycles. The van der Waals surface area contributed by atoms with E-state index in [9.17, 15) is 14.7 Å². The molecule has 0 bridgehead atoms. The summed E-state index contributed by atoms with van der Waals surface area (Å²) in [6.07, 6.45) is 2.18. The summed E-state index contributed by atoms with van der Waals surface area (Å²) < 4.78 is 12.8. The number of aliphatic hydroxyl groups is 1. The molecule has 38 heavy (non-hydrogen) atoms. The molecule has 0 unspecified atom stereocenters. The van der Waals surface area contributed by atoms with Crippen LogP contribution < -0.4 is 5.32 Å². The topological polar surface area (TPSA) is 118 Å². The maximum absolute atomic E-state index is 12.0. The third-order valence-electron chi connectivity index (χ3n) is 6.21. The van der Waals surface area contributed by atoms with Crippen LogP contribution in [-0.2, 0) is 32.2 Å². The second-order valence-electron chi connectivity index (χ2n) is 9.09. The highest BCUT2D eigenvalue weighted by Crippen LogP contribution is 2.39. The number of benzene rings is 2. The standard InChI is InChI=1S/C29H32N2O6S/c32-18-21-9-11-22(12-10-21)25-16-24(19-38-27-5-1-2-15-30-27)36-29(37-25)23-13-7-20(8-14-23)17-31-26(33)4-3-6-28(34)35/h1-2,5,7-15,24-25,29,32H,3-4,6,16-19H2,(H,31,33)(H,34,35)/t24-,25+,29+/m0/s1. The molecule has 8 nitrogen and oxygen atoms in total. The molecule has 0 radical (unpaired) electrons. The van der Waals surface area contributed by atoms with Crippen LogP contribution in [0.3, 0.4) is 0 Å². The van der Waals surface area contributed by atoms with Gasteiger partial charge in [0.25, 0.3) is 0 Å². The van der Waals surface area contributed by atoms with Crippen molar-refractivity contribution in [2.75, 3.05) is 5.75 Å². The van der Waals surface area contributed by atoms with Crippen molar-refractivity contribution in [3.05, 3.63) is 95.2 Å². The van der Waals surface area contributed by atoms with Gasteiger partial charge >= 0.3 is 5.97 Å². The predicted molar refractivity (Wildman–Crippen MR) is 143 cm³/mol. The van der Waals surface area contributed by atoms with Crippen molar-refractivity contribution in [1.82, 2.24) is 10.3 Å². The number of nitrogens with one attached hydrogen (secondary N) is 1. The van der Waals surface area contributed by atoms with Gasteiger partial charge in [-0.2, -0.15) is 0 Å². The molecular weight excluding hydrogens is 504 g/mol. The molecule has 9 heteroatoms. The lowest BCUT2D eigenvalue weighted by atomic mass is 10.0. The Hall–Kier alpha value is -3.24. The monoisotopic (exact) mass is 536 g/mol. The summed E-state index contributed by atoms with van der Waals surface area (Å²) in [7, 11) is 0. The summed E-state index contributed by atoms with van der Waals surface area (Å²) >= 11 is 1.65. The van der Waals surface area contributed by atoms with Gasteiger partial charge in [0.05, 0.1) is 23.8 Å². The third-order valence-corrected chi connectivity index (χ3v) is 7.28. The number of carboxylic acid groups (broad SMARTS) is 1. The van der Waals surface area contributed by atoms with Gasteiger partial charge in [0.2, 0.25) is 5.91 Å². The van der Waals surface area contributed by atoms with Crippen molar-refractivity contribution >= 4 is 23.6 Å². The number of aliphatic hydroxyl groups excluding tert-OH is 1. The fraction of sp³-hybridized carbons (Fsp3) is 0.345. The van der Waals surface area contributed by atoms with Crippen LogP contribution >= 0.6 is 11.8 Å². The second kappa shape index (κ2) is 14.1. The Morgan fingerprint density at radius 2 is 1.68 bits per heavy atom. The van der Waals surface area contributed by atoms with Gasteiger partial charge in [-0.15, -0.1) is 11.8 Å². The van der Waals surface area contributed by atoms with E-state index >= 15 is 0 Å². The highest BCUT2D eigenvalue weighted by Gasteiger charge is 2.32. The first-order valence-corrected chi connectivity index (χ1v) is 13.6. The minimum Gasteiger partial charge on any atom is -0.481 e. The highest BCUT2D eigenvalue weighted by atomic mass is 32.2. The van der Waals surface area contributed by atoms with Crippen LogP contribution in [0.1, 0.15) is 60.3 Å². The fourth-order valence-corrected chi connectivity index (χ4v) is 5.00. The average Bonchev–Trinajstić information content (AvgIpc) is 2.95. The molecule has 200 valence electrons. The molecule has 1 aliphatic rings. The first-order valence-electron chi connectivity index (χ1n) is 12.6. The number of nitrogens with zero attached hydrogens (tertiary/aromatic N) is 1. The molecule has 3 N–H and O–H groups in total.